The minimum atomic E-state index is 0.848. The molecule has 0 fully saturated rings. The van der Waals surface area contributed by atoms with Crippen LogP contribution in [0.25, 0.3) is 17.5 Å². The first kappa shape index (κ1) is 26.0. The standard InChI is InChI=1S/C13H10N2.C12H20N.ClH.Ru/c1-4-10-6-2-8-14-12(10)13-11(5-1)7-3-9-15-13;1-7-10(4)12(6)11(5)8-13-9(2)3;;/h2-9H,1H2;8H,2,7H2,1,3-6H3;1H;/q;-1;;+2/p-1/b;11-8-,12-10-;;. The van der Waals surface area contributed by atoms with E-state index in [1.807, 2.05) is 55.0 Å². The van der Waals surface area contributed by atoms with E-state index in [9.17, 15) is 0 Å². The van der Waals surface area contributed by atoms with Gasteiger partial charge in [0, 0.05) is 12.4 Å². The zero-order valence-electron chi connectivity index (χ0n) is 18.4. The number of hydrogen-bond acceptors (Lipinski definition) is 2. The van der Waals surface area contributed by atoms with E-state index in [2.05, 4.69) is 83.5 Å². The van der Waals surface area contributed by atoms with Gasteiger partial charge in [-0.15, -0.1) is 6.58 Å². The normalized spacial score (nSPS) is 12.6. The monoisotopic (exact) mass is 509 g/mol. The SMILES string of the molecule is C1=c2cccnc2=c2ncccc2=CC1.C=C(C)[N-]/C=C(C)\C(C)=C(\C)CC.[Cl][Ru+]. The molecule has 2 aromatic rings. The molecule has 0 saturated carbocycles. The fourth-order valence-electron chi connectivity index (χ4n) is 2.78. The van der Waals surface area contributed by atoms with E-state index in [0.717, 1.165) is 29.2 Å². The molecule has 0 aliphatic heterocycles. The number of aromatic nitrogens is 2. The predicted octanol–water partition coefficient (Wildman–Crippen LogP) is 5.96. The number of hydrogen-bond donors (Lipinski definition) is 0. The third-order valence-electron chi connectivity index (χ3n) is 4.82. The van der Waals surface area contributed by atoms with Gasteiger partial charge in [-0.3, -0.25) is 9.97 Å². The van der Waals surface area contributed by atoms with E-state index in [1.165, 1.54) is 27.2 Å². The van der Waals surface area contributed by atoms with Crippen LogP contribution in [0.5, 0.6) is 0 Å². The van der Waals surface area contributed by atoms with Gasteiger partial charge in [0.15, 0.2) is 0 Å². The maximum absolute atomic E-state index is 4.57. The van der Waals surface area contributed by atoms with E-state index in [0.29, 0.717) is 0 Å². The van der Waals surface area contributed by atoms with Gasteiger partial charge in [-0.05, 0) is 56.2 Å². The van der Waals surface area contributed by atoms with Crippen LogP contribution >= 0.6 is 9.69 Å². The van der Waals surface area contributed by atoms with Crippen LogP contribution in [0.3, 0.4) is 0 Å². The molecule has 0 unspecified atom stereocenters. The van der Waals surface area contributed by atoms with E-state index >= 15 is 0 Å². The van der Waals surface area contributed by atoms with Crippen LogP contribution in [0.1, 0.15) is 47.5 Å². The van der Waals surface area contributed by atoms with E-state index in [4.69, 9.17) is 0 Å². The zero-order chi connectivity index (χ0) is 22.5. The Morgan fingerprint density at radius 1 is 1.03 bits per heavy atom. The third-order valence-corrected chi connectivity index (χ3v) is 4.82. The average molecular weight is 509 g/mol. The number of halogens is 1. The Labute approximate surface area is 194 Å². The molecule has 3 nitrogen and oxygen atoms in total. The molecule has 0 radical (unpaired) electrons. The molecule has 0 spiro atoms. The van der Waals surface area contributed by atoms with Crippen LogP contribution in [0, 0.1) is 10.7 Å². The summed E-state index contributed by atoms with van der Waals surface area (Å²) in [5.41, 5.74) is 4.84. The van der Waals surface area contributed by atoms with Crippen LogP contribution in [0.4, 0.5) is 0 Å². The van der Waals surface area contributed by atoms with Crippen molar-refractivity contribution in [2.75, 3.05) is 0 Å². The molecule has 160 valence electrons. The number of nitrogens with zero attached hydrogens (tertiary/aromatic N) is 3. The van der Waals surface area contributed by atoms with Crippen LogP contribution in [0.2, 0.25) is 0 Å². The van der Waals surface area contributed by atoms with Crippen molar-refractivity contribution in [3.8, 4) is 0 Å². The second-order valence-electron chi connectivity index (χ2n) is 6.96. The van der Waals surface area contributed by atoms with E-state index in [1.54, 1.807) is 0 Å². The molecule has 0 saturated heterocycles. The molecule has 1 aliphatic carbocycles. The van der Waals surface area contributed by atoms with Gasteiger partial charge in [-0.25, -0.2) is 0 Å². The molecular formula is C25H30ClN3Ru. The number of fused-ring (bicyclic) bond motifs is 2. The maximum atomic E-state index is 4.57. The molecule has 2 heterocycles. The van der Waals surface area contributed by atoms with Crippen LogP contribution < -0.4 is 10.4 Å². The third kappa shape index (κ3) is 8.01. The van der Waals surface area contributed by atoms with Crippen molar-refractivity contribution in [2.24, 2.45) is 0 Å². The van der Waals surface area contributed by atoms with Crippen molar-refractivity contribution < 1.29 is 17.3 Å². The van der Waals surface area contributed by atoms with Crippen molar-refractivity contribution in [1.82, 2.24) is 9.97 Å². The molecule has 0 aromatic carbocycles. The summed E-state index contributed by atoms with van der Waals surface area (Å²) in [5, 5.41) is 8.49. The Hall–Kier alpha value is -2.03. The van der Waals surface area contributed by atoms with Crippen molar-refractivity contribution in [1.29, 1.82) is 0 Å². The summed E-state index contributed by atoms with van der Waals surface area (Å²) in [6.07, 6.45) is 11.9. The molecule has 0 amide bonds. The summed E-state index contributed by atoms with van der Waals surface area (Å²) in [6.45, 7) is 14.2. The van der Waals surface area contributed by atoms with Gasteiger partial charge in [0.1, 0.15) is 0 Å². The molecule has 0 N–H and O–H groups in total. The van der Waals surface area contributed by atoms with Gasteiger partial charge in [-0.2, -0.15) is 11.9 Å². The van der Waals surface area contributed by atoms with Gasteiger partial charge >= 0.3 is 27.0 Å². The fraction of sp³-hybridized carbons (Fsp3) is 0.280. The zero-order valence-corrected chi connectivity index (χ0v) is 20.9. The topological polar surface area (TPSA) is 39.9 Å². The molecule has 3 rings (SSSR count). The number of allylic oxidation sites excluding steroid dienone is 4. The summed E-state index contributed by atoms with van der Waals surface area (Å²) in [7, 11) is 4.57. The Kier molecular flexibility index (Phi) is 12.2. The van der Waals surface area contributed by atoms with Crippen molar-refractivity contribution >= 4 is 21.8 Å². The minimum absolute atomic E-state index is 0.848. The van der Waals surface area contributed by atoms with Crippen molar-refractivity contribution in [3.63, 3.8) is 0 Å². The van der Waals surface area contributed by atoms with Gasteiger partial charge < -0.3 is 5.32 Å². The van der Waals surface area contributed by atoms with Gasteiger partial charge in [-0.1, -0.05) is 54.9 Å². The number of pyridine rings is 2. The summed E-state index contributed by atoms with van der Waals surface area (Å²) < 4.78 is 0. The summed E-state index contributed by atoms with van der Waals surface area (Å²) in [5.74, 6) is 0. The molecule has 30 heavy (non-hydrogen) atoms. The summed E-state index contributed by atoms with van der Waals surface area (Å²) in [6, 6.07) is 8.09. The average Bonchev–Trinajstić information content (AvgIpc) is 2.97. The Bertz CT molecular complexity index is 1060. The van der Waals surface area contributed by atoms with Crippen LogP contribution in [-0.4, -0.2) is 9.97 Å². The molecular weight excluding hydrogens is 479 g/mol. The van der Waals surface area contributed by atoms with Gasteiger partial charge in [0.25, 0.3) is 0 Å². The first-order chi connectivity index (χ1) is 14.4. The molecule has 0 bridgehead atoms. The first-order valence-corrected chi connectivity index (χ1v) is 12.1. The second-order valence-corrected chi connectivity index (χ2v) is 6.96. The van der Waals surface area contributed by atoms with Crippen molar-refractivity contribution in [2.45, 2.75) is 47.5 Å². The first-order valence-electron chi connectivity index (χ1n) is 9.84. The summed E-state index contributed by atoms with van der Waals surface area (Å²) >= 11 is 1.82. The molecule has 0 atom stereocenters. The van der Waals surface area contributed by atoms with E-state index < -0.39 is 0 Å². The quantitative estimate of drug-likeness (QED) is 0.377. The molecule has 2 aromatic heterocycles. The van der Waals surface area contributed by atoms with Crippen LogP contribution in [0.15, 0.2) is 71.9 Å². The Balaban J connectivity index is 0.000000281. The van der Waals surface area contributed by atoms with E-state index in [-0.39, 0.29) is 0 Å². The second kappa shape index (κ2) is 14.1. The fourth-order valence-corrected chi connectivity index (χ4v) is 2.78. The summed E-state index contributed by atoms with van der Waals surface area (Å²) in [4.78, 5) is 8.81. The van der Waals surface area contributed by atoms with Gasteiger partial charge in [0.2, 0.25) is 0 Å². The van der Waals surface area contributed by atoms with Gasteiger partial charge in [0.05, 0.1) is 10.7 Å². The van der Waals surface area contributed by atoms with Crippen molar-refractivity contribution in [3.05, 3.63) is 98.3 Å². The Morgan fingerprint density at radius 3 is 1.97 bits per heavy atom. The molecule has 5 heteroatoms. The van der Waals surface area contributed by atoms with Crippen LogP contribution in [-0.2, 0) is 17.3 Å². The number of rotatable bonds is 4. The Morgan fingerprint density at radius 2 is 1.53 bits per heavy atom. The predicted molar refractivity (Wildman–Crippen MR) is 125 cm³/mol. The molecule has 1 aliphatic rings.